The fraction of sp³-hybridized carbons (Fsp3) is 0.0882. The third-order valence-electron chi connectivity index (χ3n) is 17.0. The van der Waals surface area contributed by atoms with E-state index in [0.717, 1.165) is 143 Å². The molecule has 14 aromatic rings. The van der Waals surface area contributed by atoms with Crippen LogP contribution in [0, 0.1) is 17.9 Å². The Bertz CT molecular complexity index is 4650. The van der Waals surface area contributed by atoms with Gasteiger partial charge in [0.15, 0.2) is 16.9 Å². The first-order valence-corrected chi connectivity index (χ1v) is 25.3. The second kappa shape index (κ2) is 14.1. The van der Waals surface area contributed by atoms with Crippen LogP contribution in [0.4, 0.5) is 39.8 Å². The quantitative estimate of drug-likeness (QED) is 0.128. The normalized spacial score (nSPS) is 14.6. The molecule has 6 heteroatoms. The van der Waals surface area contributed by atoms with Gasteiger partial charge in [-0.05, 0) is 85.6 Å². The number of hydrogen-bond acceptors (Lipinski definition) is 5. The molecule has 0 amide bonds. The Kier molecular flexibility index (Phi) is 7.81. The lowest BCUT2D eigenvalue weighted by Crippen LogP contribution is -2.31. The van der Waals surface area contributed by atoms with Crippen molar-refractivity contribution in [2.45, 2.75) is 38.5 Å². The minimum absolute atomic E-state index is 0.394. The summed E-state index contributed by atoms with van der Waals surface area (Å²) in [6, 6.07) is 67.2. The van der Waals surface area contributed by atoms with Crippen molar-refractivity contribution in [1.29, 1.82) is 5.26 Å². The standard InChI is InChI=1S/C68H42N4O2/c1-67(2)50-18-10-12-20-55(50)71(61-52(67)32-30-45-43-24-22-37-14-6-8-16-41(37)63(43)73-65(45)61)57-34-39(36-69)40-26-28-49-58(35-54(70-5)47-27-29-48(57)59(40)60(47)49)72-56-21-13-11-19-51(56)68(3,4)53-33-31-46-44-25-23-38-15-7-9-17-42(38)64(44)74-66(46)62(53)72/h6-35H,1-4H3. The molecule has 2 aliphatic rings. The van der Waals surface area contributed by atoms with E-state index in [1.54, 1.807) is 0 Å². The predicted molar refractivity (Wildman–Crippen MR) is 304 cm³/mol. The second-order valence-corrected chi connectivity index (χ2v) is 21.3. The predicted octanol–water partition coefficient (Wildman–Crippen LogP) is 19.3. The molecule has 0 aliphatic carbocycles. The van der Waals surface area contributed by atoms with Crippen LogP contribution in [0.2, 0.25) is 0 Å². The lowest BCUT2D eigenvalue weighted by molar-refractivity contribution is 0.624. The van der Waals surface area contributed by atoms with Gasteiger partial charge >= 0.3 is 0 Å². The molecule has 74 heavy (non-hydrogen) atoms. The van der Waals surface area contributed by atoms with Crippen LogP contribution in [-0.2, 0) is 10.8 Å². The Labute approximate surface area is 425 Å². The molecule has 346 valence electrons. The first kappa shape index (κ1) is 41.0. The van der Waals surface area contributed by atoms with Crippen molar-refractivity contribution in [3.63, 3.8) is 0 Å². The first-order chi connectivity index (χ1) is 36.1. The molecule has 0 atom stereocenters. The van der Waals surface area contributed by atoms with E-state index >= 15 is 0 Å². The number of rotatable bonds is 2. The Morgan fingerprint density at radius 2 is 0.824 bits per heavy atom. The smallest absolute Gasteiger partial charge is 0.197 e. The van der Waals surface area contributed by atoms with Crippen LogP contribution in [0.15, 0.2) is 191 Å². The summed E-state index contributed by atoms with van der Waals surface area (Å²) in [5.74, 6) is 0. The van der Waals surface area contributed by atoms with Gasteiger partial charge in [-0.15, -0.1) is 0 Å². The van der Waals surface area contributed by atoms with Gasteiger partial charge in [0.1, 0.15) is 11.2 Å². The van der Waals surface area contributed by atoms with Crippen LogP contribution < -0.4 is 9.80 Å². The zero-order valence-corrected chi connectivity index (χ0v) is 40.9. The molecule has 16 rings (SSSR count). The highest BCUT2D eigenvalue weighted by atomic mass is 16.3. The zero-order valence-electron chi connectivity index (χ0n) is 40.9. The van der Waals surface area contributed by atoms with Gasteiger partial charge in [-0.3, -0.25) is 0 Å². The average Bonchev–Trinajstić information content (AvgIpc) is 4.04. The van der Waals surface area contributed by atoms with Crippen LogP contribution in [0.3, 0.4) is 0 Å². The minimum Gasteiger partial charge on any atom is -0.453 e. The summed E-state index contributed by atoms with van der Waals surface area (Å²) in [6.07, 6.45) is 0. The largest absolute Gasteiger partial charge is 0.453 e. The molecule has 0 saturated carbocycles. The molecular formula is C68H42N4O2. The third kappa shape index (κ3) is 5.02. The van der Waals surface area contributed by atoms with Crippen LogP contribution in [0.25, 0.3) is 103 Å². The van der Waals surface area contributed by atoms with Crippen molar-refractivity contribution in [1.82, 2.24) is 0 Å². The van der Waals surface area contributed by atoms with Crippen LogP contribution in [-0.4, -0.2) is 0 Å². The van der Waals surface area contributed by atoms with E-state index in [1.807, 2.05) is 0 Å². The number of benzene rings is 12. The number of nitrogens with zero attached hydrogens (tertiary/aromatic N) is 4. The number of fused-ring (bicyclic) bond motifs is 16. The molecule has 2 aromatic heterocycles. The van der Waals surface area contributed by atoms with Crippen LogP contribution >= 0.6 is 0 Å². The monoisotopic (exact) mass is 946 g/mol. The molecular weight excluding hydrogens is 905 g/mol. The Balaban J connectivity index is 1.02. The maximum Gasteiger partial charge on any atom is 0.197 e. The van der Waals surface area contributed by atoms with E-state index < -0.39 is 10.8 Å². The van der Waals surface area contributed by atoms with Gasteiger partial charge in [-0.2, -0.15) is 5.26 Å². The van der Waals surface area contributed by atoms with Gasteiger partial charge in [0.25, 0.3) is 0 Å². The molecule has 0 spiro atoms. The van der Waals surface area contributed by atoms with Crippen molar-refractivity contribution < 1.29 is 8.83 Å². The third-order valence-corrected chi connectivity index (χ3v) is 17.0. The highest BCUT2D eigenvalue weighted by Gasteiger charge is 2.42. The number of para-hydroxylation sites is 2. The Morgan fingerprint density at radius 3 is 1.35 bits per heavy atom. The molecule has 0 saturated heterocycles. The maximum absolute atomic E-state index is 11.3. The Morgan fingerprint density at radius 1 is 0.405 bits per heavy atom. The van der Waals surface area contributed by atoms with E-state index in [0.29, 0.717) is 11.3 Å². The molecule has 0 N–H and O–H groups in total. The summed E-state index contributed by atoms with van der Waals surface area (Å²) in [5.41, 5.74) is 13.9. The first-order valence-electron chi connectivity index (χ1n) is 25.3. The molecule has 0 bridgehead atoms. The molecule has 12 aromatic carbocycles. The number of anilines is 6. The van der Waals surface area contributed by atoms with Gasteiger partial charge in [0.05, 0.1) is 46.6 Å². The second-order valence-electron chi connectivity index (χ2n) is 21.3. The fourth-order valence-corrected chi connectivity index (χ4v) is 13.5. The summed E-state index contributed by atoms with van der Waals surface area (Å²) < 4.78 is 14.4. The average molecular weight is 947 g/mol. The Hall–Kier alpha value is -9.62. The van der Waals surface area contributed by atoms with E-state index in [9.17, 15) is 5.26 Å². The van der Waals surface area contributed by atoms with Gasteiger partial charge in [0.2, 0.25) is 0 Å². The lowest BCUT2D eigenvalue weighted by atomic mass is 9.73. The zero-order chi connectivity index (χ0) is 49.5. The molecule has 0 unspecified atom stereocenters. The van der Waals surface area contributed by atoms with Gasteiger partial charge in [0, 0.05) is 65.0 Å². The summed E-state index contributed by atoms with van der Waals surface area (Å²) >= 11 is 0. The van der Waals surface area contributed by atoms with E-state index in [-0.39, 0.29) is 0 Å². The topological polar surface area (TPSA) is 60.9 Å². The van der Waals surface area contributed by atoms with Crippen molar-refractivity contribution in [3.8, 4) is 6.07 Å². The van der Waals surface area contributed by atoms with Crippen molar-refractivity contribution in [2.24, 2.45) is 0 Å². The summed E-state index contributed by atoms with van der Waals surface area (Å²) in [4.78, 5) is 9.03. The number of hydrogen-bond donors (Lipinski definition) is 0. The highest BCUT2D eigenvalue weighted by molar-refractivity contribution is 6.32. The lowest BCUT2D eigenvalue weighted by Gasteiger charge is -2.42. The van der Waals surface area contributed by atoms with E-state index in [4.69, 9.17) is 15.4 Å². The van der Waals surface area contributed by atoms with Crippen LogP contribution in [0.5, 0.6) is 0 Å². The van der Waals surface area contributed by atoms with Crippen molar-refractivity contribution >= 4 is 138 Å². The SMILES string of the molecule is [C-]#[N+]c1cc(N2c3ccccc3C(C)(C)c3ccc4c(oc5c6ccccc6ccc45)c32)c2ccc3c(C#N)cc(N4c5ccccc5C(C)(C)c5ccc6c(oc7c8ccccc8ccc67)c54)c4ccc1c2c34. The fourth-order valence-electron chi connectivity index (χ4n) is 13.5. The van der Waals surface area contributed by atoms with Gasteiger partial charge < -0.3 is 18.6 Å². The van der Waals surface area contributed by atoms with E-state index in [1.165, 1.54) is 11.1 Å². The van der Waals surface area contributed by atoms with Crippen LogP contribution in [0.1, 0.15) is 55.5 Å². The summed E-state index contributed by atoms with van der Waals surface area (Å²) in [6.45, 7) is 18.1. The minimum atomic E-state index is -0.396. The molecule has 2 aliphatic heterocycles. The summed E-state index contributed by atoms with van der Waals surface area (Å²) in [5, 5.41) is 25.4. The molecule has 6 nitrogen and oxygen atoms in total. The molecule has 0 fully saturated rings. The van der Waals surface area contributed by atoms with Crippen molar-refractivity contribution in [3.05, 3.63) is 221 Å². The van der Waals surface area contributed by atoms with E-state index in [2.05, 4.69) is 230 Å². The molecule has 4 heterocycles. The van der Waals surface area contributed by atoms with Gasteiger partial charge in [-0.1, -0.05) is 173 Å². The molecule has 0 radical (unpaired) electrons. The number of furan rings is 2. The highest BCUT2D eigenvalue weighted by Crippen LogP contribution is 2.60. The van der Waals surface area contributed by atoms with Crippen molar-refractivity contribution in [2.75, 3.05) is 9.80 Å². The summed E-state index contributed by atoms with van der Waals surface area (Å²) in [7, 11) is 0. The van der Waals surface area contributed by atoms with Gasteiger partial charge in [-0.25, -0.2) is 4.85 Å². The number of nitriles is 1. The maximum atomic E-state index is 11.3.